The lowest BCUT2D eigenvalue weighted by Crippen LogP contribution is -2.45. The van der Waals surface area contributed by atoms with Crippen molar-refractivity contribution >= 4 is 23.2 Å². The highest BCUT2D eigenvalue weighted by Gasteiger charge is 2.43. The van der Waals surface area contributed by atoms with Gasteiger partial charge in [0.05, 0.1) is 22.8 Å². The fraction of sp³-hybridized carbons (Fsp3) is 0.391. The molecule has 1 unspecified atom stereocenters. The van der Waals surface area contributed by atoms with E-state index in [9.17, 15) is 10.1 Å². The van der Waals surface area contributed by atoms with E-state index in [0.717, 1.165) is 12.0 Å². The number of rotatable bonds is 6. The first kappa shape index (κ1) is 21.2. The molecule has 152 valence electrons. The third kappa shape index (κ3) is 4.55. The van der Waals surface area contributed by atoms with Gasteiger partial charge in [0.2, 0.25) is 5.91 Å². The van der Waals surface area contributed by atoms with E-state index in [1.165, 1.54) is 0 Å². The zero-order chi connectivity index (χ0) is 20.9. The molecule has 1 N–H and O–H groups in total. The molecule has 0 spiro atoms. The van der Waals surface area contributed by atoms with E-state index in [1.807, 2.05) is 32.0 Å². The van der Waals surface area contributed by atoms with Gasteiger partial charge in [0.25, 0.3) is 0 Å². The third-order valence-corrected chi connectivity index (χ3v) is 5.77. The lowest BCUT2D eigenvalue weighted by Gasteiger charge is -2.36. The van der Waals surface area contributed by atoms with E-state index in [-0.39, 0.29) is 12.0 Å². The lowest BCUT2D eigenvalue weighted by molar-refractivity contribution is -0.125. The summed E-state index contributed by atoms with van der Waals surface area (Å²) in [7, 11) is 0. The predicted octanol–water partition coefficient (Wildman–Crippen LogP) is 5.08. The zero-order valence-corrected chi connectivity index (χ0v) is 17.5. The quantitative estimate of drug-likeness (QED) is 0.718. The smallest absolute Gasteiger partial charge is 0.235 e. The van der Waals surface area contributed by atoms with Gasteiger partial charge in [-0.15, -0.1) is 0 Å². The molecular formula is C23H25ClN2O3. The molecule has 0 aliphatic carbocycles. The number of nitriles is 1. The fourth-order valence-corrected chi connectivity index (χ4v) is 3.86. The second-order valence-corrected chi connectivity index (χ2v) is 7.69. The van der Waals surface area contributed by atoms with Crippen LogP contribution in [-0.4, -0.2) is 25.2 Å². The van der Waals surface area contributed by atoms with Crippen LogP contribution < -0.4 is 10.1 Å². The number of anilines is 1. The van der Waals surface area contributed by atoms with E-state index in [4.69, 9.17) is 21.1 Å². The Balaban J connectivity index is 1.91. The van der Waals surface area contributed by atoms with Crippen LogP contribution in [-0.2, 0) is 14.9 Å². The van der Waals surface area contributed by atoms with Crippen LogP contribution in [0.25, 0.3) is 0 Å². The lowest BCUT2D eigenvalue weighted by atomic mass is 9.73. The molecule has 1 heterocycles. The van der Waals surface area contributed by atoms with Gasteiger partial charge in [-0.2, -0.15) is 5.26 Å². The van der Waals surface area contributed by atoms with E-state index >= 15 is 0 Å². The van der Waals surface area contributed by atoms with Crippen molar-refractivity contribution in [3.63, 3.8) is 0 Å². The highest BCUT2D eigenvalue weighted by Crippen LogP contribution is 2.40. The largest absolute Gasteiger partial charge is 0.491 e. The molecule has 1 aliphatic heterocycles. The first-order chi connectivity index (χ1) is 14.0. The number of nitrogens with zero attached hydrogens (tertiary/aromatic N) is 1. The number of hydrogen-bond acceptors (Lipinski definition) is 4. The first-order valence-corrected chi connectivity index (χ1v) is 10.2. The Morgan fingerprint density at radius 3 is 2.69 bits per heavy atom. The number of hydrogen-bond donors (Lipinski definition) is 1. The van der Waals surface area contributed by atoms with Crippen molar-refractivity contribution in [1.29, 1.82) is 5.26 Å². The Bertz CT molecular complexity index is 917. The van der Waals surface area contributed by atoms with Crippen LogP contribution >= 0.6 is 11.6 Å². The minimum atomic E-state index is -0.796. The van der Waals surface area contributed by atoms with Gasteiger partial charge in [-0.25, -0.2) is 0 Å². The second kappa shape index (κ2) is 9.30. The second-order valence-electron chi connectivity index (χ2n) is 7.28. The topological polar surface area (TPSA) is 71.3 Å². The van der Waals surface area contributed by atoms with Crippen LogP contribution in [0.2, 0.25) is 5.02 Å². The van der Waals surface area contributed by atoms with Crippen molar-refractivity contribution in [3.8, 4) is 11.8 Å². The molecule has 0 saturated carbocycles. The highest BCUT2D eigenvalue weighted by molar-refractivity contribution is 6.31. The van der Waals surface area contributed by atoms with Crippen molar-refractivity contribution in [1.82, 2.24) is 0 Å². The molecule has 2 aromatic carbocycles. The zero-order valence-electron chi connectivity index (χ0n) is 16.7. The molecule has 3 rings (SSSR count). The van der Waals surface area contributed by atoms with E-state index in [1.54, 1.807) is 24.3 Å². The maximum Gasteiger partial charge on any atom is 0.235 e. The SMILES string of the molecule is CCC(C)Oc1ccc(NC(=O)C2(c3ccccc3Cl)CCOCC2)c(C#N)c1. The van der Waals surface area contributed by atoms with Crippen LogP contribution in [0.3, 0.4) is 0 Å². The molecule has 1 fully saturated rings. The van der Waals surface area contributed by atoms with Gasteiger partial charge in [0, 0.05) is 24.3 Å². The van der Waals surface area contributed by atoms with Crippen molar-refractivity contribution in [2.75, 3.05) is 18.5 Å². The molecule has 2 aromatic rings. The van der Waals surface area contributed by atoms with E-state index < -0.39 is 5.41 Å². The standard InChI is InChI=1S/C23H25ClN2O3/c1-3-16(2)29-18-8-9-21(17(14-18)15-25)26-22(27)23(10-12-28-13-11-23)19-6-4-5-7-20(19)24/h4-9,14,16H,3,10-13H2,1-2H3,(H,26,27). The van der Waals surface area contributed by atoms with Gasteiger partial charge >= 0.3 is 0 Å². The van der Waals surface area contributed by atoms with Gasteiger partial charge in [0.1, 0.15) is 11.8 Å². The molecular weight excluding hydrogens is 388 g/mol. The molecule has 0 radical (unpaired) electrons. The molecule has 1 atom stereocenters. The molecule has 0 aromatic heterocycles. The molecule has 6 heteroatoms. The minimum absolute atomic E-state index is 0.0488. The number of carbonyl (C=O) groups is 1. The van der Waals surface area contributed by atoms with Crippen LogP contribution in [0, 0.1) is 11.3 Å². The molecule has 1 aliphatic rings. The molecule has 5 nitrogen and oxygen atoms in total. The summed E-state index contributed by atoms with van der Waals surface area (Å²) in [5.41, 5.74) is 0.819. The summed E-state index contributed by atoms with van der Waals surface area (Å²) in [6.07, 6.45) is 1.97. The maximum absolute atomic E-state index is 13.5. The van der Waals surface area contributed by atoms with Crippen LogP contribution in [0.15, 0.2) is 42.5 Å². The molecule has 1 amide bonds. The monoisotopic (exact) mass is 412 g/mol. The Hall–Kier alpha value is -2.55. The Morgan fingerprint density at radius 2 is 2.03 bits per heavy atom. The number of halogens is 1. The summed E-state index contributed by atoms with van der Waals surface area (Å²) in [5.74, 6) is 0.432. The van der Waals surface area contributed by atoms with Crippen molar-refractivity contribution in [2.45, 2.75) is 44.6 Å². The maximum atomic E-state index is 13.5. The average molecular weight is 413 g/mol. The van der Waals surface area contributed by atoms with Crippen LogP contribution in [0.1, 0.15) is 44.2 Å². The number of carbonyl (C=O) groups excluding carboxylic acids is 1. The number of benzene rings is 2. The summed E-state index contributed by atoms with van der Waals surface area (Å²) in [6.45, 7) is 4.96. The van der Waals surface area contributed by atoms with Crippen molar-refractivity contribution in [3.05, 3.63) is 58.6 Å². The summed E-state index contributed by atoms with van der Waals surface area (Å²) in [6, 6.07) is 14.7. The number of ether oxygens (including phenoxy) is 2. The van der Waals surface area contributed by atoms with Gasteiger partial charge in [-0.1, -0.05) is 36.7 Å². The van der Waals surface area contributed by atoms with Gasteiger partial charge in [-0.3, -0.25) is 4.79 Å². The molecule has 29 heavy (non-hydrogen) atoms. The van der Waals surface area contributed by atoms with Gasteiger partial charge in [-0.05, 0) is 49.9 Å². The number of nitrogens with one attached hydrogen (secondary N) is 1. The summed E-state index contributed by atoms with van der Waals surface area (Å²) in [4.78, 5) is 13.5. The molecule has 1 saturated heterocycles. The minimum Gasteiger partial charge on any atom is -0.491 e. The normalized spacial score (nSPS) is 16.5. The van der Waals surface area contributed by atoms with Crippen LogP contribution in [0.5, 0.6) is 5.75 Å². The van der Waals surface area contributed by atoms with Gasteiger partial charge in [0.15, 0.2) is 0 Å². The van der Waals surface area contributed by atoms with Crippen molar-refractivity contribution in [2.24, 2.45) is 0 Å². The summed E-state index contributed by atoms with van der Waals surface area (Å²) < 4.78 is 11.3. The van der Waals surface area contributed by atoms with Gasteiger partial charge < -0.3 is 14.8 Å². The van der Waals surface area contributed by atoms with E-state index in [2.05, 4.69) is 11.4 Å². The summed E-state index contributed by atoms with van der Waals surface area (Å²) in [5, 5.41) is 13.1. The third-order valence-electron chi connectivity index (χ3n) is 5.44. The average Bonchev–Trinajstić information content (AvgIpc) is 2.75. The Morgan fingerprint density at radius 1 is 1.31 bits per heavy atom. The molecule has 0 bridgehead atoms. The van der Waals surface area contributed by atoms with E-state index in [0.29, 0.717) is 48.1 Å². The van der Waals surface area contributed by atoms with Crippen LogP contribution in [0.4, 0.5) is 5.69 Å². The predicted molar refractivity (Wildman–Crippen MR) is 113 cm³/mol. The Labute approximate surface area is 176 Å². The highest BCUT2D eigenvalue weighted by atomic mass is 35.5. The Kier molecular flexibility index (Phi) is 6.79. The fourth-order valence-electron chi connectivity index (χ4n) is 3.54. The first-order valence-electron chi connectivity index (χ1n) is 9.85. The summed E-state index contributed by atoms with van der Waals surface area (Å²) >= 11 is 6.45. The van der Waals surface area contributed by atoms with Crippen molar-refractivity contribution < 1.29 is 14.3 Å². The number of amides is 1.